The molecule has 0 amide bonds. The van der Waals surface area contributed by atoms with Crippen molar-refractivity contribution in [3.8, 4) is 10.6 Å². The van der Waals surface area contributed by atoms with Crippen LogP contribution in [0, 0.1) is 13.8 Å². The number of aryl methyl sites for hydroxylation is 2. The summed E-state index contributed by atoms with van der Waals surface area (Å²) in [4.78, 5) is 9.18. The maximum atomic E-state index is 4.77. The van der Waals surface area contributed by atoms with Gasteiger partial charge in [0.15, 0.2) is 0 Å². The van der Waals surface area contributed by atoms with Crippen molar-refractivity contribution in [2.45, 2.75) is 32.7 Å². The number of hydrogen-bond donors (Lipinski definition) is 1. The lowest BCUT2D eigenvalue weighted by molar-refractivity contribution is 0.632. The number of rotatable bonds is 2. The van der Waals surface area contributed by atoms with Crippen molar-refractivity contribution in [1.29, 1.82) is 0 Å². The maximum absolute atomic E-state index is 4.77. The van der Waals surface area contributed by atoms with Gasteiger partial charge < -0.3 is 5.32 Å². The summed E-state index contributed by atoms with van der Waals surface area (Å²) < 4.78 is 0. The lowest BCUT2D eigenvalue weighted by Crippen LogP contribution is -2.12. The number of pyridine rings is 1. The van der Waals surface area contributed by atoms with Crippen LogP contribution in [-0.4, -0.2) is 16.5 Å². The Morgan fingerprint density at radius 3 is 2.67 bits per heavy atom. The highest BCUT2D eigenvalue weighted by Crippen LogP contribution is 2.30. The van der Waals surface area contributed by atoms with Crippen molar-refractivity contribution in [1.82, 2.24) is 15.3 Å². The van der Waals surface area contributed by atoms with E-state index in [0.29, 0.717) is 6.04 Å². The fourth-order valence-electron chi connectivity index (χ4n) is 2.47. The largest absolute Gasteiger partial charge is 0.309 e. The summed E-state index contributed by atoms with van der Waals surface area (Å²) >= 11 is 1.73. The Morgan fingerprint density at radius 2 is 2.00 bits per heavy atom. The van der Waals surface area contributed by atoms with E-state index in [9.17, 15) is 0 Å². The van der Waals surface area contributed by atoms with Crippen molar-refractivity contribution >= 4 is 11.3 Å². The van der Waals surface area contributed by atoms with E-state index in [-0.39, 0.29) is 0 Å². The van der Waals surface area contributed by atoms with Gasteiger partial charge in [-0.1, -0.05) is 0 Å². The summed E-state index contributed by atoms with van der Waals surface area (Å²) in [6.45, 7) is 5.18. The molecule has 0 aliphatic carbocycles. The monoisotopic (exact) mass is 259 g/mol. The molecule has 4 heteroatoms. The summed E-state index contributed by atoms with van der Waals surface area (Å²) in [5.74, 6) is 0. The zero-order valence-electron chi connectivity index (χ0n) is 10.7. The Hall–Kier alpha value is -1.26. The first-order chi connectivity index (χ1) is 8.72. The molecular weight excluding hydrogens is 242 g/mol. The summed E-state index contributed by atoms with van der Waals surface area (Å²) in [7, 11) is 0. The summed E-state index contributed by atoms with van der Waals surface area (Å²) in [6.07, 6.45) is 2.46. The Morgan fingerprint density at radius 1 is 1.22 bits per heavy atom. The van der Waals surface area contributed by atoms with Crippen LogP contribution < -0.4 is 5.32 Å². The SMILES string of the molecule is Cc1cc(-c2nc([C@@H]3CCCN3)cs2)cc(C)n1. The lowest BCUT2D eigenvalue weighted by Gasteiger charge is -2.05. The molecule has 1 N–H and O–H groups in total. The molecule has 2 aromatic heterocycles. The van der Waals surface area contributed by atoms with E-state index in [0.717, 1.165) is 22.9 Å². The second-order valence-corrected chi connectivity index (χ2v) is 5.72. The first-order valence-corrected chi connectivity index (χ1v) is 7.25. The third kappa shape index (κ3) is 2.31. The fraction of sp³-hybridized carbons (Fsp3) is 0.429. The molecule has 1 saturated heterocycles. The predicted molar refractivity (Wildman–Crippen MR) is 74.8 cm³/mol. The van der Waals surface area contributed by atoms with Gasteiger partial charge in [0.05, 0.1) is 11.7 Å². The van der Waals surface area contributed by atoms with Crippen LogP contribution in [0.25, 0.3) is 10.6 Å². The number of thiazole rings is 1. The number of aromatic nitrogens is 2. The second-order valence-electron chi connectivity index (χ2n) is 4.87. The van der Waals surface area contributed by atoms with Crippen LogP contribution in [0.1, 0.15) is 36.0 Å². The van der Waals surface area contributed by atoms with Crippen LogP contribution in [0.15, 0.2) is 17.5 Å². The summed E-state index contributed by atoms with van der Waals surface area (Å²) in [5.41, 5.74) is 4.50. The molecule has 18 heavy (non-hydrogen) atoms. The highest BCUT2D eigenvalue weighted by Gasteiger charge is 2.19. The molecule has 3 heterocycles. The molecule has 1 aliphatic heterocycles. The van der Waals surface area contributed by atoms with Crippen LogP contribution in [0.5, 0.6) is 0 Å². The molecule has 0 spiro atoms. The van der Waals surface area contributed by atoms with E-state index in [2.05, 4.69) is 27.8 Å². The molecule has 0 saturated carbocycles. The molecule has 0 radical (unpaired) electrons. The van der Waals surface area contributed by atoms with Crippen molar-refractivity contribution in [2.75, 3.05) is 6.54 Å². The van der Waals surface area contributed by atoms with Gasteiger partial charge in [0.1, 0.15) is 5.01 Å². The third-order valence-corrected chi connectivity index (χ3v) is 4.18. The van der Waals surface area contributed by atoms with Crippen molar-refractivity contribution < 1.29 is 0 Å². The smallest absolute Gasteiger partial charge is 0.123 e. The molecule has 94 valence electrons. The highest BCUT2D eigenvalue weighted by molar-refractivity contribution is 7.13. The average Bonchev–Trinajstić information content (AvgIpc) is 2.99. The molecule has 1 aliphatic rings. The van der Waals surface area contributed by atoms with E-state index in [1.807, 2.05) is 13.8 Å². The Balaban J connectivity index is 1.92. The zero-order chi connectivity index (χ0) is 12.5. The van der Waals surface area contributed by atoms with Crippen molar-refractivity contribution in [3.05, 3.63) is 34.6 Å². The van der Waals surface area contributed by atoms with Crippen molar-refractivity contribution in [3.63, 3.8) is 0 Å². The van der Waals surface area contributed by atoms with E-state index in [1.54, 1.807) is 11.3 Å². The van der Waals surface area contributed by atoms with Gasteiger partial charge in [0.2, 0.25) is 0 Å². The van der Waals surface area contributed by atoms with Gasteiger partial charge in [0, 0.05) is 22.3 Å². The molecule has 2 aromatic rings. The number of nitrogens with one attached hydrogen (secondary N) is 1. The lowest BCUT2D eigenvalue weighted by atomic mass is 10.2. The van der Waals surface area contributed by atoms with E-state index in [4.69, 9.17) is 4.98 Å². The van der Waals surface area contributed by atoms with Crippen LogP contribution in [0.3, 0.4) is 0 Å². The third-order valence-electron chi connectivity index (χ3n) is 3.27. The average molecular weight is 259 g/mol. The molecule has 1 atom stereocenters. The van der Waals surface area contributed by atoms with Crippen LogP contribution >= 0.6 is 11.3 Å². The second kappa shape index (κ2) is 4.78. The van der Waals surface area contributed by atoms with E-state index >= 15 is 0 Å². The Labute approximate surface area is 111 Å². The molecule has 0 bridgehead atoms. The van der Waals surface area contributed by atoms with E-state index < -0.39 is 0 Å². The van der Waals surface area contributed by atoms with Crippen LogP contribution in [0.4, 0.5) is 0 Å². The molecule has 3 nitrogen and oxygen atoms in total. The Kier molecular flexibility index (Phi) is 3.14. The molecule has 1 fully saturated rings. The fourth-order valence-corrected chi connectivity index (χ4v) is 3.34. The van der Waals surface area contributed by atoms with Gasteiger partial charge in [-0.25, -0.2) is 4.98 Å². The van der Waals surface area contributed by atoms with Gasteiger partial charge in [-0.3, -0.25) is 4.98 Å². The maximum Gasteiger partial charge on any atom is 0.123 e. The van der Waals surface area contributed by atoms with E-state index in [1.165, 1.54) is 24.1 Å². The minimum absolute atomic E-state index is 0.457. The molecule has 3 rings (SSSR count). The van der Waals surface area contributed by atoms with Gasteiger partial charge in [-0.2, -0.15) is 0 Å². The normalized spacial score (nSPS) is 19.3. The minimum Gasteiger partial charge on any atom is -0.309 e. The molecule has 0 unspecified atom stereocenters. The first kappa shape index (κ1) is 11.8. The predicted octanol–water partition coefficient (Wildman–Crippen LogP) is 3.25. The standard InChI is InChI=1S/C14H17N3S/c1-9-6-11(7-10(2)16-9)14-17-13(8-18-14)12-4-3-5-15-12/h6-8,12,15H,3-5H2,1-2H3/t12-/m0/s1. The van der Waals surface area contributed by atoms with Crippen molar-refractivity contribution in [2.24, 2.45) is 0 Å². The molecular formula is C14H17N3S. The quantitative estimate of drug-likeness (QED) is 0.899. The Bertz CT molecular complexity index is 536. The van der Waals surface area contributed by atoms with Crippen LogP contribution in [-0.2, 0) is 0 Å². The number of hydrogen-bond acceptors (Lipinski definition) is 4. The van der Waals surface area contributed by atoms with Gasteiger partial charge >= 0.3 is 0 Å². The highest BCUT2D eigenvalue weighted by atomic mass is 32.1. The summed E-state index contributed by atoms with van der Waals surface area (Å²) in [6, 6.07) is 4.68. The van der Waals surface area contributed by atoms with Gasteiger partial charge in [-0.15, -0.1) is 11.3 Å². The first-order valence-electron chi connectivity index (χ1n) is 6.37. The van der Waals surface area contributed by atoms with Gasteiger partial charge in [0.25, 0.3) is 0 Å². The minimum atomic E-state index is 0.457. The number of nitrogens with zero attached hydrogens (tertiary/aromatic N) is 2. The van der Waals surface area contributed by atoms with Gasteiger partial charge in [-0.05, 0) is 45.4 Å². The zero-order valence-corrected chi connectivity index (χ0v) is 11.5. The van der Waals surface area contributed by atoms with Crippen LogP contribution in [0.2, 0.25) is 0 Å². The molecule has 0 aromatic carbocycles. The summed E-state index contributed by atoms with van der Waals surface area (Å²) in [5, 5.41) is 6.78. The topological polar surface area (TPSA) is 37.8 Å².